The molecule has 9 heteroatoms. The fraction of sp³-hybridized carbons (Fsp3) is 0.857. The summed E-state index contributed by atoms with van der Waals surface area (Å²) in [5.41, 5.74) is 0. The number of phosphoric ester groups is 1. The van der Waals surface area contributed by atoms with E-state index < -0.39 is 39.9 Å². The molecule has 0 spiro atoms. The fourth-order valence-corrected chi connectivity index (χ4v) is 4.41. The molecular formula is C28H55O8P. The molecule has 220 valence electrons. The van der Waals surface area contributed by atoms with Gasteiger partial charge in [-0.25, -0.2) is 4.57 Å². The van der Waals surface area contributed by atoms with Crippen molar-refractivity contribution < 1.29 is 38.6 Å². The average molecular weight is 551 g/mol. The van der Waals surface area contributed by atoms with E-state index >= 15 is 0 Å². The highest BCUT2D eigenvalue weighted by atomic mass is 31.2. The van der Waals surface area contributed by atoms with Crippen LogP contribution >= 0.6 is 7.82 Å². The minimum Gasteiger partial charge on any atom is -0.394 e. The Balaban J connectivity index is 3.37. The van der Waals surface area contributed by atoms with Gasteiger partial charge in [-0.05, 0) is 38.5 Å². The van der Waals surface area contributed by atoms with Gasteiger partial charge in [0.15, 0.2) is 0 Å². The zero-order valence-electron chi connectivity index (χ0n) is 23.2. The van der Waals surface area contributed by atoms with Crippen LogP contribution in [-0.4, -0.2) is 65.5 Å². The fourth-order valence-electron chi connectivity index (χ4n) is 3.62. The van der Waals surface area contributed by atoms with Crippen molar-refractivity contribution in [2.75, 3.05) is 33.0 Å². The number of unbranched alkanes of at least 4 members (excludes halogenated alkanes) is 13. The summed E-state index contributed by atoms with van der Waals surface area (Å²) in [5.74, 6) is 0. The zero-order valence-corrected chi connectivity index (χ0v) is 24.1. The van der Waals surface area contributed by atoms with Crippen LogP contribution in [0.2, 0.25) is 0 Å². The molecule has 0 saturated carbocycles. The van der Waals surface area contributed by atoms with Crippen LogP contribution in [0, 0.1) is 0 Å². The van der Waals surface area contributed by atoms with Crippen LogP contribution in [0.4, 0.5) is 0 Å². The Hall–Kier alpha value is -0.570. The Morgan fingerprint density at radius 1 is 0.676 bits per heavy atom. The van der Waals surface area contributed by atoms with E-state index in [2.05, 4.69) is 40.3 Å². The number of aliphatic hydroxyl groups is 3. The van der Waals surface area contributed by atoms with Gasteiger partial charge in [0.1, 0.15) is 12.2 Å². The monoisotopic (exact) mass is 550 g/mol. The van der Waals surface area contributed by atoms with E-state index in [1.54, 1.807) is 0 Å². The van der Waals surface area contributed by atoms with Gasteiger partial charge in [0.2, 0.25) is 0 Å². The number of hydrogen-bond donors (Lipinski definition) is 4. The quantitative estimate of drug-likeness (QED) is 0.0514. The second kappa shape index (κ2) is 27.0. The van der Waals surface area contributed by atoms with Crippen molar-refractivity contribution in [2.24, 2.45) is 0 Å². The van der Waals surface area contributed by atoms with Crippen LogP contribution in [0.3, 0.4) is 0 Å². The lowest BCUT2D eigenvalue weighted by Crippen LogP contribution is -2.23. The second-order valence-corrected chi connectivity index (χ2v) is 11.1. The van der Waals surface area contributed by atoms with Crippen LogP contribution in [0.15, 0.2) is 24.3 Å². The van der Waals surface area contributed by atoms with Crippen molar-refractivity contribution in [3.05, 3.63) is 24.3 Å². The minimum absolute atomic E-state index is 0.00519. The second-order valence-electron chi connectivity index (χ2n) is 9.62. The molecule has 0 aromatic rings. The maximum Gasteiger partial charge on any atom is 0.472 e. The number of rotatable bonds is 28. The van der Waals surface area contributed by atoms with Crippen molar-refractivity contribution in [3.8, 4) is 0 Å². The van der Waals surface area contributed by atoms with Gasteiger partial charge in [-0.3, -0.25) is 9.05 Å². The van der Waals surface area contributed by atoms with Crippen LogP contribution in [0.1, 0.15) is 110 Å². The highest BCUT2D eigenvalue weighted by Crippen LogP contribution is 2.43. The lowest BCUT2D eigenvalue weighted by atomic mass is 10.1. The predicted molar refractivity (Wildman–Crippen MR) is 149 cm³/mol. The summed E-state index contributed by atoms with van der Waals surface area (Å²) in [6.07, 6.45) is 26.6. The maximum absolute atomic E-state index is 11.6. The van der Waals surface area contributed by atoms with Crippen molar-refractivity contribution in [1.29, 1.82) is 0 Å². The van der Waals surface area contributed by atoms with Crippen molar-refractivity contribution >= 4 is 7.82 Å². The minimum atomic E-state index is -4.39. The van der Waals surface area contributed by atoms with Crippen LogP contribution in [0.5, 0.6) is 0 Å². The molecule has 0 radical (unpaired) electrons. The first-order valence-corrected chi connectivity index (χ1v) is 15.9. The van der Waals surface area contributed by atoms with E-state index in [4.69, 9.17) is 14.9 Å². The Labute approximate surface area is 225 Å². The molecular weight excluding hydrogens is 495 g/mol. The third-order valence-corrected chi connectivity index (χ3v) is 6.82. The molecule has 0 amide bonds. The number of hydrogen-bond acceptors (Lipinski definition) is 7. The molecule has 3 atom stereocenters. The molecule has 3 unspecified atom stereocenters. The first kappa shape index (κ1) is 36.4. The standard InChI is InChI=1S/C28H55O8P/c1-2-3-4-5-6-7-8-9-10-11-12-13-14-15-16-17-18-19-20-21-22-34-24-28(31)26-36-37(32,33)35-25-27(30)23-29/h6-7,9-10,27-31H,2-5,8,11-26H2,1H3,(H,32,33)/b7-6-,10-9-. The molecule has 4 N–H and O–H groups in total. The summed E-state index contributed by atoms with van der Waals surface area (Å²) in [7, 11) is -4.39. The van der Waals surface area contributed by atoms with E-state index in [1.807, 2.05) is 0 Å². The van der Waals surface area contributed by atoms with Crippen molar-refractivity contribution in [3.63, 3.8) is 0 Å². The number of ether oxygens (including phenoxy) is 1. The highest BCUT2D eigenvalue weighted by Gasteiger charge is 2.24. The molecule has 0 rings (SSSR count). The predicted octanol–water partition coefficient (Wildman–Crippen LogP) is 6.22. The van der Waals surface area contributed by atoms with Gasteiger partial charge in [-0.1, -0.05) is 95.4 Å². The summed E-state index contributed by atoms with van der Waals surface area (Å²) in [4.78, 5) is 9.42. The smallest absolute Gasteiger partial charge is 0.394 e. The Morgan fingerprint density at radius 3 is 1.70 bits per heavy atom. The van der Waals surface area contributed by atoms with E-state index in [-0.39, 0.29) is 6.61 Å². The van der Waals surface area contributed by atoms with Gasteiger partial charge in [0.25, 0.3) is 0 Å². The van der Waals surface area contributed by atoms with Crippen molar-refractivity contribution in [2.45, 2.75) is 122 Å². The van der Waals surface area contributed by atoms with Crippen LogP contribution in [-0.2, 0) is 18.3 Å². The Morgan fingerprint density at radius 2 is 1.16 bits per heavy atom. The first-order chi connectivity index (χ1) is 17.9. The normalized spacial score (nSPS) is 15.5. The first-order valence-electron chi connectivity index (χ1n) is 14.4. The Kier molecular flexibility index (Phi) is 26.6. The van der Waals surface area contributed by atoms with Gasteiger partial charge in [0.05, 0.1) is 26.4 Å². The third-order valence-electron chi connectivity index (χ3n) is 5.87. The van der Waals surface area contributed by atoms with E-state index in [9.17, 15) is 14.6 Å². The SMILES string of the molecule is CCCCC/C=C\C/C=C\CCCCCCCCCCCCOCC(O)COP(=O)(O)OCC(O)CO. The van der Waals surface area contributed by atoms with E-state index in [0.717, 1.165) is 19.3 Å². The zero-order chi connectivity index (χ0) is 27.5. The maximum atomic E-state index is 11.6. The topological polar surface area (TPSA) is 126 Å². The summed E-state index contributed by atoms with van der Waals surface area (Å²) < 4.78 is 26.1. The van der Waals surface area contributed by atoms with Crippen LogP contribution in [0.25, 0.3) is 0 Å². The largest absolute Gasteiger partial charge is 0.472 e. The van der Waals surface area contributed by atoms with E-state index in [1.165, 1.54) is 83.5 Å². The number of allylic oxidation sites excluding steroid dienone is 4. The summed E-state index contributed by atoms with van der Waals surface area (Å²) in [5, 5.41) is 27.5. The van der Waals surface area contributed by atoms with Gasteiger partial charge in [0, 0.05) is 6.61 Å². The van der Waals surface area contributed by atoms with Crippen molar-refractivity contribution in [1.82, 2.24) is 0 Å². The Bertz CT molecular complexity index is 585. The van der Waals surface area contributed by atoms with Gasteiger partial charge < -0.3 is 24.9 Å². The molecule has 0 fully saturated rings. The van der Waals surface area contributed by atoms with Gasteiger partial charge in [-0.15, -0.1) is 0 Å². The number of aliphatic hydroxyl groups excluding tert-OH is 3. The van der Waals surface area contributed by atoms with Gasteiger partial charge in [-0.2, -0.15) is 0 Å². The highest BCUT2D eigenvalue weighted by molar-refractivity contribution is 7.47. The molecule has 0 aliphatic carbocycles. The third kappa shape index (κ3) is 28.3. The van der Waals surface area contributed by atoms with E-state index in [0.29, 0.717) is 6.61 Å². The lowest BCUT2D eigenvalue weighted by molar-refractivity contribution is -0.00437. The molecule has 0 aliphatic rings. The molecule has 0 aromatic carbocycles. The number of phosphoric acid groups is 1. The molecule has 8 nitrogen and oxygen atoms in total. The molecule has 0 bridgehead atoms. The summed E-state index contributed by atoms with van der Waals surface area (Å²) in [6.45, 7) is 1.22. The molecule has 37 heavy (non-hydrogen) atoms. The molecule has 0 heterocycles. The van der Waals surface area contributed by atoms with Crippen LogP contribution < -0.4 is 0 Å². The molecule has 0 aliphatic heterocycles. The summed E-state index contributed by atoms with van der Waals surface area (Å²) >= 11 is 0. The molecule has 0 aromatic heterocycles. The molecule has 0 saturated heterocycles. The summed E-state index contributed by atoms with van der Waals surface area (Å²) in [6, 6.07) is 0. The van der Waals surface area contributed by atoms with Gasteiger partial charge >= 0.3 is 7.82 Å². The average Bonchev–Trinajstić information content (AvgIpc) is 2.89. The lowest BCUT2D eigenvalue weighted by Gasteiger charge is -2.16.